The van der Waals surface area contributed by atoms with Gasteiger partial charge in [-0.15, -0.1) is 0 Å². The SMILES string of the molecule is C[C@@H](COc1ccc(C(N)=O)c(-c2c(Cl)c(F)cc3c2[C@H](C)[C@@](CNCc2ccccc2)(c2ccccc2)O3)c1F)OC1CCCCO1. The van der Waals surface area contributed by atoms with E-state index in [4.69, 9.17) is 36.3 Å². The molecule has 252 valence electrons. The van der Waals surface area contributed by atoms with Crippen LogP contribution in [0.4, 0.5) is 8.78 Å². The lowest BCUT2D eigenvalue weighted by molar-refractivity contribution is -0.189. The summed E-state index contributed by atoms with van der Waals surface area (Å²) in [6, 6.07) is 23.4. The van der Waals surface area contributed by atoms with Crippen molar-refractivity contribution in [2.75, 3.05) is 19.8 Å². The Morgan fingerprint density at radius 2 is 1.79 bits per heavy atom. The van der Waals surface area contributed by atoms with Crippen molar-refractivity contribution in [2.24, 2.45) is 5.73 Å². The van der Waals surface area contributed by atoms with Crippen molar-refractivity contribution in [1.82, 2.24) is 5.32 Å². The van der Waals surface area contributed by atoms with Gasteiger partial charge in [-0.1, -0.05) is 79.2 Å². The van der Waals surface area contributed by atoms with E-state index in [0.29, 0.717) is 25.3 Å². The molecule has 0 aromatic heterocycles. The van der Waals surface area contributed by atoms with Gasteiger partial charge in [0, 0.05) is 48.4 Å². The van der Waals surface area contributed by atoms with Gasteiger partial charge in [0.2, 0.25) is 5.91 Å². The summed E-state index contributed by atoms with van der Waals surface area (Å²) >= 11 is 6.70. The summed E-state index contributed by atoms with van der Waals surface area (Å²) in [5, 5.41) is 3.15. The number of nitrogens with one attached hydrogen (secondary N) is 1. The number of nitrogens with two attached hydrogens (primary N) is 1. The van der Waals surface area contributed by atoms with Gasteiger partial charge >= 0.3 is 0 Å². The van der Waals surface area contributed by atoms with Crippen molar-refractivity contribution in [1.29, 1.82) is 0 Å². The van der Waals surface area contributed by atoms with Crippen LogP contribution in [0.5, 0.6) is 11.5 Å². The number of primary amides is 1. The molecule has 0 aliphatic carbocycles. The minimum Gasteiger partial charge on any atom is -0.488 e. The Kier molecular flexibility index (Phi) is 10.3. The van der Waals surface area contributed by atoms with Gasteiger partial charge in [0.25, 0.3) is 0 Å². The molecule has 1 unspecified atom stereocenters. The first-order chi connectivity index (χ1) is 23.2. The molecule has 1 amide bonds. The second-order valence-electron chi connectivity index (χ2n) is 12.3. The molecular formula is C38H39ClF2N2O5. The van der Waals surface area contributed by atoms with Crippen molar-refractivity contribution in [2.45, 2.75) is 63.6 Å². The van der Waals surface area contributed by atoms with Crippen LogP contribution in [0.15, 0.2) is 78.9 Å². The van der Waals surface area contributed by atoms with E-state index in [1.165, 1.54) is 18.2 Å². The first-order valence-electron chi connectivity index (χ1n) is 16.2. The summed E-state index contributed by atoms with van der Waals surface area (Å²) in [7, 11) is 0. The number of amides is 1. The van der Waals surface area contributed by atoms with Crippen molar-refractivity contribution < 1.29 is 32.5 Å². The molecule has 6 rings (SSSR count). The summed E-state index contributed by atoms with van der Waals surface area (Å²) in [4.78, 5) is 12.8. The van der Waals surface area contributed by atoms with E-state index < -0.39 is 35.2 Å². The van der Waals surface area contributed by atoms with Crippen LogP contribution in [0.3, 0.4) is 0 Å². The van der Waals surface area contributed by atoms with Crippen molar-refractivity contribution in [3.05, 3.63) is 118 Å². The molecule has 1 fully saturated rings. The molecule has 3 N–H and O–H groups in total. The highest BCUT2D eigenvalue weighted by Crippen LogP contribution is 2.56. The largest absolute Gasteiger partial charge is 0.488 e. The number of rotatable bonds is 12. The summed E-state index contributed by atoms with van der Waals surface area (Å²) in [6.45, 7) is 5.25. The second-order valence-corrected chi connectivity index (χ2v) is 12.7. The summed E-state index contributed by atoms with van der Waals surface area (Å²) in [5.74, 6) is -3.07. The van der Waals surface area contributed by atoms with Crippen LogP contribution in [-0.2, 0) is 21.6 Å². The van der Waals surface area contributed by atoms with Gasteiger partial charge in [0.15, 0.2) is 23.5 Å². The molecule has 10 heteroatoms. The van der Waals surface area contributed by atoms with Gasteiger partial charge in [-0.25, -0.2) is 8.78 Å². The van der Waals surface area contributed by atoms with Gasteiger partial charge in [-0.05, 0) is 49.4 Å². The number of hydrogen-bond acceptors (Lipinski definition) is 6. The first kappa shape index (κ1) is 33.9. The maximum atomic E-state index is 16.7. The number of hydrogen-bond donors (Lipinski definition) is 2. The highest BCUT2D eigenvalue weighted by atomic mass is 35.5. The number of ether oxygens (including phenoxy) is 4. The van der Waals surface area contributed by atoms with Crippen molar-refractivity contribution >= 4 is 17.5 Å². The van der Waals surface area contributed by atoms with Gasteiger partial charge in [-0.3, -0.25) is 4.79 Å². The lowest BCUT2D eigenvalue weighted by Crippen LogP contribution is -2.44. The van der Waals surface area contributed by atoms with Crippen molar-refractivity contribution in [3.63, 3.8) is 0 Å². The minimum absolute atomic E-state index is 0.00307. The van der Waals surface area contributed by atoms with Crippen LogP contribution in [-0.4, -0.2) is 38.1 Å². The fourth-order valence-electron chi connectivity index (χ4n) is 6.64. The molecule has 2 aliphatic rings. The van der Waals surface area contributed by atoms with E-state index in [9.17, 15) is 4.79 Å². The predicted molar refractivity (Wildman–Crippen MR) is 180 cm³/mol. The molecule has 2 aliphatic heterocycles. The van der Waals surface area contributed by atoms with Crippen LogP contribution in [0.2, 0.25) is 5.02 Å². The summed E-state index contributed by atoms with van der Waals surface area (Å²) in [6.07, 6.45) is 1.98. The molecular weight excluding hydrogens is 638 g/mol. The van der Waals surface area contributed by atoms with E-state index in [1.807, 2.05) is 67.6 Å². The maximum Gasteiger partial charge on any atom is 0.249 e. The molecule has 4 atom stereocenters. The summed E-state index contributed by atoms with van der Waals surface area (Å²) in [5.41, 5.74) is 6.69. The average Bonchev–Trinajstić information content (AvgIpc) is 3.37. The summed E-state index contributed by atoms with van der Waals surface area (Å²) < 4.78 is 56.5. The molecule has 4 aromatic rings. The minimum atomic E-state index is -1.03. The average molecular weight is 677 g/mol. The van der Waals surface area contributed by atoms with Crippen LogP contribution in [0.1, 0.15) is 66.1 Å². The Bertz CT molecular complexity index is 1750. The predicted octanol–water partition coefficient (Wildman–Crippen LogP) is 7.88. The fourth-order valence-corrected chi connectivity index (χ4v) is 6.90. The first-order valence-corrected chi connectivity index (χ1v) is 16.6. The van der Waals surface area contributed by atoms with Gasteiger partial charge in [-0.2, -0.15) is 0 Å². The Morgan fingerprint density at radius 1 is 1.06 bits per heavy atom. The second kappa shape index (κ2) is 14.6. The number of carbonyl (C=O) groups is 1. The number of halogens is 3. The Balaban J connectivity index is 1.39. The quantitative estimate of drug-likeness (QED) is 0.159. The molecule has 48 heavy (non-hydrogen) atoms. The lowest BCUT2D eigenvalue weighted by atomic mass is 9.77. The molecule has 0 bridgehead atoms. The zero-order valence-electron chi connectivity index (χ0n) is 26.9. The lowest BCUT2D eigenvalue weighted by Gasteiger charge is -2.34. The Labute approximate surface area is 284 Å². The normalized spacial score (nSPS) is 20.9. The number of benzene rings is 4. The van der Waals surface area contributed by atoms with Gasteiger partial charge < -0.3 is 30.0 Å². The van der Waals surface area contributed by atoms with Crippen LogP contribution in [0, 0.1) is 11.6 Å². The molecule has 4 aromatic carbocycles. The van der Waals surface area contributed by atoms with Crippen LogP contribution >= 0.6 is 11.6 Å². The zero-order chi connectivity index (χ0) is 33.8. The topological polar surface area (TPSA) is 92.0 Å². The van der Waals surface area contributed by atoms with E-state index in [0.717, 1.165) is 30.4 Å². The molecule has 1 saturated heterocycles. The monoisotopic (exact) mass is 676 g/mol. The van der Waals surface area contributed by atoms with E-state index >= 15 is 8.78 Å². The zero-order valence-corrected chi connectivity index (χ0v) is 27.7. The highest BCUT2D eigenvalue weighted by Gasteiger charge is 2.50. The van der Waals surface area contributed by atoms with Gasteiger partial charge in [0.1, 0.15) is 18.2 Å². The van der Waals surface area contributed by atoms with Crippen LogP contribution < -0.4 is 20.5 Å². The molecule has 0 saturated carbocycles. The van der Waals surface area contributed by atoms with E-state index in [1.54, 1.807) is 6.92 Å². The molecule has 7 nitrogen and oxygen atoms in total. The van der Waals surface area contributed by atoms with E-state index in [-0.39, 0.29) is 46.1 Å². The number of carbonyl (C=O) groups excluding carboxylic acids is 1. The number of fused-ring (bicyclic) bond motifs is 1. The molecule has 2 heterocycles. The maximum absolute atomic E-state index is 16.7. The molecule has 0 radical (unpaired) electrons. The van der Waals surface area contributed by atoms with E-state index in [2.05, 4.69) is 5.32 Å². The Hall–Kier alpha value is -4.02. The van der Waals surface area contributed by atoms with Crippen molar-refractivity contribution in [3.8, 4) is 22.6 Å². The fraction of sp³-hybridized carbons (Fsp3) is 0.342. The third-order valence-electron chi connectivity index (χ3n) is 9.09. The van der Waals surface area contributed by atoms with Gasteiger partial charge in [0.05, 0.1) is 16.7 Å². The standard InChI is InChI=1S/C38H39ClF2N2O5/c1-23(47-31-15-9-10-18-45-31)21-46-29-17-16-27(37(42)44)33(36(29)41)34-32-24(2)38(26-13-7-4-8-14-26,48-30(32)19-28(40)35(34)39)22-43-20-25-11-5-3-6-12-25/h3-8,11-14,16-17,19,23-24,31,43H,9-10,15,18,20-22H2,1-2H3,(H2,42,44)/t23-,24-,31?,38-/m0/s1. The third-order valence-corrected chi connectivity index (χ3v) is 9.46. The molecule has 0 spiro atoms. The smallest absolute Gasteiger partial charge is 0.249 e. The third kappa shape index (κ3) is 6.78. The highest BCUT2D eigenvalue weighted by molar-refractivity contribution is 6.34. The van der Waals surface area contributed by atoms with Crippen LogP contribution in [0.25, 0.3) is 11.1 Å². The Morgan fingerprint density at radius 3 is 2.48 bits per heavy atom.